The maximum atomic E-state index is 13.1. The van der Waals surface area contributed by atoms with Gasteiger partial charge in [-0.2, -0.15) is 4.31 Å². The molecule has 6 heteroatoms. The highest BCUT2D eigenvalue weighted by Gasteiger charge is 2.34. The fourth-order valence-electron chi connectivity index (χ4n) is 2.39. The molecule has 0 spiro atoms. The average molecular weight is 285 g/mol. The normalized spacial score (nSPS) is 21.3. The summed E-state index contributed by atoms with van der Waals surface area (Å²) in [7, 11) is -3.74. The number of aldehydes is 1. The molecule has 0 aliphatic carbocycles. The Hall–Kier alpha value is -1.27. The lowest BCUT2D eigenvalue weighted by Gasteiger charge is -2.31. The van der Waals surface area contributed by atoms with E-state index < -0.39 is 21.9 Å². The van der Waals surface area contributed by atoms with E-state index in [-0.39, 0.29) is 4.90 Å². The number of carbonyl (C=O) groups is 1. The summed E-state index contributed by atoms with van der Waals surface area (Å²) in [6.45, 7) is 1.89. The number of hydrogen-bond acceptors (Lipinski definition) is 3. The van der Waals surface area contributed by atoms with Crippen molar-refractivity contribution in [1.29, 1.82) is 0 Å². The van der Waals surface area contributed by atoms with E-state index >= 15 is 0 Å². The summed E-state index contributed by atoms with van der Waals surface area (Å²) in [5.41, 5.74) is 0.357. The number of carbonyl (C=O) groups excluding carboxylic acids is 1. The molecule has 0 bridgehead atoms. The van der Waals surface area contributed by atoms with Crippen LogP contribution >= 0.6 is 0 Å². The molecule has 19 heavy (non-hydrogen) atoms. The van der Waals surface area contributed by atoms with Crippen molar-refractivity contribution in [2.75, 3.05) is 6.54 Å². The summed E-state index contributed by atoms with van der Waals surface area (Å²) in [6, 6.07) is 2.96. The van der Waals surface area contributed by atoms with Crippen molar-refractivity contribution in [1.82, 2.24) is 4.31 Å². The Kier molecular flexibility index (Phi) is 4.01. The number of rotatable bonds is 3. The lowest BCUT2D eigenvalue weighted by Crippen LogP contribution is -2.44. The quantitative estimate of drug-likeness (QED) is 0.797. The van der Waals surface area contributed by atoms with E-state index in [1.54, 1.807) is 6.92 Å². The fourth-order valence-corrected chi connectivity index (χ4v) is 4.23. The highest BCUT2D eigenvalue weighted by molar-refractivity contribution is 7.89. The maximum absolute atomic E-state index is 13.1. The molecule has 0 saturated carbocycles. The number of piperidine rings is 1. The first-order valence-corrected chi connectivity index (χ1v) is 7.64. The van der Waals surface area contributed by atoms with Gasteiger partial charge in [0, 0.05) is 6.54 Å². The van der Waals surface area contributed by atoms with Crippen LogP contribution in [0.4, 0.5) is 4.39 Å². The zero-order valence-electron chi connectivity index (χ0n) is 10.7. The second kappa shape index (κ2) is 5.38. The maximum Gasteiger partial charge on any atom is 0.243 e. The Labute approximate surface area is 112 Å². The first-order chi connectivity index (χ1) is 8.96. The standard InChI is InChI=1S/C13H16FNO3S/c1-10-8-11(14)5-6-13(10)19(17,18)15-7-3-2-4-12(15)9-16/h5-6,8-9,12H,2-4,7H2,1H3. The Morgan fingerprint density at radius 3 is 2.74 bits per heavy atom. The zero-order valence-corrected chi connectivity index (χ0v) is 11.5. The number of halogens is 1. The molecular weight excluding hydrogens is 269 g/mol. The smallest absolute Gasteiger partial charge is 0.243 e. The molecule has 0 amide bonds. The van der Waals surface area contributed by atoms with Crippen molar-refractivity contribution in [2.45, 2.75) is 37.1 Å². The van der Waals surface area contributed by atoms with Crippen molar-refractivity contribution < 1.29 is 17.6 Å². The Morgan fingerprint density at radius 2 is 2.11 bits per heavy atom. The van der Waals surface area contributed by atoms with Crippen LogP contribution in [0.2, 0.25) is 0 Å². The van der Waals surface area contributed by atoms with Crippen molar-refractivity contribution in [3.8, 4) is 0 Å². The number of sulfonamides is 1. The molecule has 104 valence electrons. The van der Waals surface area contributed by atoms with E-state index in [4.69, 9.17) is 0 Å². The largest absolute Gasteiger partial charge is 0.302 e. The Bertz CT molecular complexity index is 586. The van der Waals surface area contributed by atoms with Crippen molar-refractivity contribution >= 4 is 16.3 Å². The van der Waals surface area contributed by atoms with Crippen LogP contribution in [0, 0.1) is 12.7 Å². The van der Waals surface area contributed by atoms with Crippen LogP contribution in [-0.2, 0) is 14.8 Å². The molecule has 1 aliphatic heterocycles. The van der Waals surface area contributed by atoms with Crippen molar-refractivity contribution in [2.24, 2.45) is 0 Å². The molecule has 0 aromatic heterocycles. The average Bonchev–Trinajstić information content (AvgIpc) is 2.38. The summed E-state index contributed by atoms with van der Waals surface area (Å²) < 4.78 is 39.3. The van der Waals surface area contributed by atoms with Crippen LogP contribution in [0.3, 0.4) is 0 Å². The molecule has 0 radical (unpaired) electrons. The zero-order chi connectivity index (χ0) is 14.0. The van der Waals surface area contributed by atoms with Crippen molar-refractivity contribution in [3.05, 3.63) is 29.6 Å². The predicted molar refractivity (Wildman–Crippen MR) is 68.7 cm³/mol. The minimum Gasteiger partial charge on any atom is -0.302 e. The summed E-state index contributed by atoms with van der Waals surface area (Å²) in [5, 5.41) is 0. The first kappa shape index (κ1) is 14.1. The third-order valence-electron chi connectivity index (χ3n) is 3.38. The molecule has 1 saturated heterocycles. The second-order valence-electron chi connectivity index (χ2n) is 4.72. The van der Waals surface area contributed by atoms with Crippen LogP contribution in [-0.4, -0.2) is 31.6 Å². The fraction of sp³-hybridized carbons (Fsp3) is 0.462. The molecular formula is C13H16FNO3S. The molecule has 1 aliphatic rings. The van der Waals surface area contributed by atoms with Gasteiger partial charge in [-0.3, -0.25) is 0 Å². The molecule has 0 N–H and O–H groups in total. The Morgan fingerprint density at radius 1 is 1.37 bits per heavy atom. The van der Waals surface area contributed by atoms with Crippen LogP contribution in [0.5, 0.6) is 0 Å². The van der Waals surface area contributed by atoms with Crippen LogP contribution in [0.25, 0.3) is 0 Å². The van der Waals surface area contributed by atoms with E-state index in [0.717, 1.165) is 18.9 Å². The van der Waals surface area contributed by atoms with E-state index in [1.807, 2.05) is 0 Å². The number of benzene rings is 1. The molecule has 1 unspecified atom stereocenters. The van der Waals surface area contributed by atoms with Gasteiger partial charge in [0.15, 0.2) is 0 Å². The lowest BCUT2D eigenvalue weighted by atomic mass is 10.1. The first-order valence-electron chi connectivity index (χ1n) is 6.20. The number of nitrogens with zero attached hydrogens (tertiary/aromatic N) is 1. The van der Waals surface area contributed by atoms with E-state index in [1.165, 1.54) is 16.4 Å². The topological polar surface area (TPSA) is 54.5 Å². The molecule has 1 atom stereocenters. The molecule has 1 heterocycles. The van der Waals surface area contributed by atoms with Gasteiger partial charge in [0.1, 0.15) is 12.1 Å². The highest BCUT2D eigenvalue weighted by Crippen LogP contribution is 2.26. The van der Waals surface area contributed by atoms with E-state index in [9.17, 15) is 17.6 Å². The van der Waals surface area contributed by atoms with Gasteiger partial charge in [0.2, 0.25) is 10.0 Å². The van der Waals surface area contributed by atoms with E-state index in [2.05, 4.69) is 0 Å². The third-order valence-corrected chi connectivity index (χ3v) is 5.46. The highest BCUT2D eigenvalue weighted by atomic mass is 32.2. The molecule has 1 fully saturated rings. The van der Waals surface area contributed by atoms with Crippen molar-refractivity contribution in [3.63, 3.8) is 0 Å². The minimum absolute atomic E-state index is 0.0719. The summed E-state index contributed by atoms with van der Waals surface area (Å²) in [4.78, 5) is 11.1. The second-order valence-corrected chi connectivity index (χ2v) is 6.58. The minimum atomic E-state index is -3.74. The predicted octanol–water partition coefficient (Wildman–Crippen LogP) is 1.88. The SMILES string of the molecule is Cc1cc(F)ccc1S(=O)(=O)N1CCCCC1C=O. The van der Waals surface area contributed by atoms with Gasteiger partial charge in [-0.1, -0.05) is 6.42 Å². The molecule has 1 aromatic rings. The molecule has 1 aromatic carbocycles. The molecule has 2 rings (SSSR count). The van der Waals surface area contributed by atoms with Gasteiger partial charge in [-0.25, -0.2) is 12.8 Å². The van der Waals surface area contributed by atoms with Crippen LogP contribution in [0.1, 0.15) is 24.8 Å². The monoisotopic (exact) mass is 285 g/mol. The third kappa shape index (κ3) is 2.69. The van der Waals surface area contributed by atoms with Gasteiger partial charge >= 0.3 is 0 Å². The van der Waals surface area contributed by atoms with Gasteiger partial charge in [-0.15, -0.1) is 0 Å². The lowest BCUT2D eigenvalue weighted by molar-refractivity contribution is -0.111. The summed E-state index contributed by atoms with van der Waals surface area (Å²) in [5.74, 6) is -0.470. The van der Waals surface area contributed by atoms with Crippen LogP contribution in [0.15, 0.2) is 23.1 Å². The Balaban J connectivity index is 2.43. The summed E-state index contributed by atoms with van der Waals surface area (Å²) in [6.07, 6.45) is 2.81. The van der Waals surface area contributed by atoms with Gasteiger partial charge in [0.05, 0.1) is 10.9 Å². The van der Waals surface area contributed by atoms with Gasteiger partial charge in [-0.05, 0) is 43.5 Å². The summed E-state index contributed by atoms with van der Waals surface area (Å²) >= 11 is 0. The van der Waals surface area contributed by atoms with Gasteiger partial charge in [0.25, 0.3) is 0 Å². The van der Waals surface area contributed by atoms with E-state index in [0.29, 0.717) is 24.8 Å². The van der Waals surface area contributed by atoms with Gasteiger partial charge < -0.3 is 4.79 Å². The number of aryl methyl sites for hydroxylation is 1. The molecule has 4 nitrogen and oxygen atoms in total. The van der Waals surface area contributed by atoms with Crippen LogP contribution < -0.4 is 0 Å². The number of hydrogen-bond donors (Lipinski definition) is 0.